The van der Waals surface area contributed by atoms with E-state index in [2.05, 4.69) is 23.8 Å². The number of nitrogens with zero attached hydrogens (tertiary/aromatic N) is 2. The third-order valence-corrected chi connectivity index (χ3v) is 4.50. The summed E-state index contributed by atoms with van der Waals surface area (Å²) in [4.78, 5) is 5.15. The maximum atomic E-state index is 4.20. The first-order valence-corrected chi connectivity index (χ1v) is 7.03. The average Bonchev–Trinajstić information content (AvgIpc) is 2.34. The maximum Gasteiger partial charge on any atom is 0.0125 e. The number of hydrogen-bond donors (Lipinski definition) is 0. The molecule has 2 heteroatoms. The van der Waals surface area contributed by atoms with E-state index in [-0.39, 0.29) is 0 Å². The van der Waals surface area contributed by atoms with Crippen molar-refractivity contribution in [3.8, 4) is 0 Å². The van der Waals surface area contributed by atoms with Gasteiger partial charge in [0.15, 0.2) is 0 Å². The minimum atomic E-state index is 0.772. The Kier molecular flexibility index (Phi) is 4.66. The highest BCUT2D eigenvalue weighted by molar-refractivity contribution is 4.85. The molecule has 1 radical (unpaired) electrons. The summed E-state index contributed by atoms with van der Waals surface area (Å²) in [5, 5.41) is 0. The van der Waals surface area contributed by atoms with Gasteiger partial charge in [0.25, 0.3) is 0 Å². The molecule has 1 saturated heterocycles. The van der Waals surface area contributed by atoms with E-state index < -0.39 is 0 Å². The second-order valence-electron chi connectivity index (χ2n) is 5.59. The summed E-state index contributed by atoms with van der Waals surface area (Å²) in [6.45, 7) is 9.19. The molecule has 0 aromatic heterocycles. The molecule has 0 amide bonds. The Hall–Kier alpha value is -0.0800. The number of piperazine rings is 1. The van der Waals surface area contributed by atoms with Crippen LogP contribution in [0.4, 0.5) is 0 Å². The fourth-order valence-electron chi connectivity index (χ4n) is 3.39. The fourth-order valence-corrected chi connectivity index (χ4v) is 3.39. The number of hydrogen-bond acceptors (Lipinski definition) is 2. The van der Waals surface area contributed by atoms with Gasteiger partial charge in [0.2, 0.25) is 0 Å². The quantitative estimate of drug-likeness (QED) is 0.725. The van der Waals surface area contributed by atoms with Gasteiger partial charge in [-0.3, -0.25) is 4.90 Å². The van der Waals surface area contributed by atoms with Gasteiger partial charge in [0.1, 0.15) is 0 Å². The molecule has 0 aromatic rings. The van der Waals surface area contributed by atoms with Crippen LogP contribution in [0.3, 0.4) is 0 Å². The van der Waals surface area contributed by atoms with Crippen molar-refractivity contribution in [2.45, 2.75) is 44.6 Å². The lowest BCUT2D eigenvalue weighted by Crippen LogP contribution is -2.51. The molecule has 1 aliphatic heterocycles. The molecular weight excluding hydrogens is 196 g/mol. The molecule has 0 aromatic carbocycles. The summed E-state index contributed by atoms with van der Waals surface area (Å²) >= 11 is 0. The van der Waals surface area contributed by atoms with E-state index in [4.69, 9.17) is 0 Å². The highest BCUT2D eigenvalue weighted by Crippen LogP contribution is 2.30. The molecule has 93 valence electrons. The van der Waals surface area contributed by atoms with Crippen LogP contribution in [0.25, 0.3) is 0 Å². The largest absolute Gasteiger partial charge is 0.304 e. The van der Waals surface area contributed by atoms with Gasteiger partial charge in [0.05, 0.1) is 0 Å². The van der Waals surface area contributed by atoms with E-state index in [0.29, 0.717) is 0 Å². The van der Waals surface area contributed by atoms with Crippen LogP contribution in [0.1, 0.15) is 38.5 Å². The molecule has 2 nitrogen and oxygen atoms in total. The van der Waals surface area contributed by atoms with Gasteiger partial charge in [-0.2, -0.15) is 0 Å². The molecule has 1 heterocycles. The molecule has 0 N–H and O–H groups in total. The Morgan fingerprint density at radius 2 is 1.69 bits per heavy atom. The summed E-state index contributed by atoms with van der Waals surface area (Å²) in [5.41, 5.74) is 0. The zero-order chi connectivity index (χ0) is 11.4. The molecule has 2 fully saturated rings. The van der Waals surface area contributed by atoms with Crippen LogP contribution in [-0.4, -0.2) is 49.1 Å². The van der Waals surface area contributed by atoms with Gasteiger partial charge in [0, 0.05) is 32.2 Å². The Morgan fingerprint density at radius 1 is 1.06 bits per heavy atom. The van der Waals surface area contributed by atoms with Gasteiger partial charge in [-0.1, -0.05) is 26.2 Å². The molecule has 1 aliphatic carbocycles. The van der Waals surface area contributed by atoms with E-state index in [1.807, 2.05) is 0 Å². The van der Waals surface area contributed by atoms with Gasteiger partial charge >= 0.3 is 0 Å². The molecule has 1 atom stereocenters. The zero-order valence-corrected chi connectivity index (χ0v) is 10.8. The topological polar surface area (TPSA) is 6.48 Å². The van der Waals surface area contributed by atoms with E-state index in [1.54, 1.807) is 0 Å². The molecular formula is C14H27N2. The predicted molar refractivity (Wildman–Crippen MR) is 69.4 cm³/mol. The molecule has 2 rings (SSSR count). The smallest absolute Gasteiger partial charge is 0.0125 e. The van der Waals surface area contributed by atoms with Crippen LogP contribution in [0, 0.1) is 12.8 Å². The maximum absolute atomic E-state index is 4.20. The van der Waals surface area contributed by atoms with Crippen LogP contribution in [0.15, 0.2) is 0 Å². The van der Waals surface area contributed by atoms with E-state index in [9.17, 15) is 0 Å². The van der Waals surface area contributed by atoms with Crippen molar-refractivity contribution in [2.24, 2.45) is 5.92 Å². The van der Waals surface area contributed by atoms with Gasteiger partial charge in [-0.15, -0.1) is 0 Å². The third-order valence-electron chi connectivity index (χ3n) is 4.50. The Balaban J connectivity index is 1.88. The van der Waals surface area contributed by atoms with Gasteiger partial charge in [-0.25, -0.2) is 0 Å². The van der Waals surface area contributed by atoms with Crippen molar-refractivity contribution in [2.75, 3.05) is 33.2 Å². The SMILES string of the molecule is [CH2]CC(C1CCCCC1)N1CCN(C)CC1. The summed E-state index contributed by atoms with van der Waals surface area (Å²) in [6.07, 6.45) is 8.38. The van der Waals surface area contributed by atoms with Crippen molar-refractivity contribution >= 4 is 0 Å². The monoisotopic (exact) mass is 223 g/mol. The highest BCUT2D eigenvalue weighted by atomic mass is 15.3. The molecule has 2 aliphatic rings. The lowest BCUT2D eigenvalue weighted by atomic mass is 9.82. The molecule has 1 saturated carbocycles. The van der Waals surface area contributed by atoms with E-state index in [1.165, 1.54) is 58.3 Å². The van der Waals surface area contributed by atoms with Crippen molar-refractivity contribution in [3.05, 3.63) is 6.92 Å². The first-order chi connectivity index (χ1) is 7.81. The van der Waals surface area contributed by atoms with Crippen LogP contribution < -0.4 is 0 Å². The van der Waals surface area contributed by atoms with Crippen molar-refractivity contribution in [1.29, 1.82) is 0 Å². The average molecular weight is 223 g/mol. The van der Waals surface area contributed by atoms with Gasteiger partial charge in [-0.05, 0) is 32.2 Å². The second kappa shape index (κ2) is 6.02. The second-order valence-corrected chi connectivity index (χ2v) is 5.59. The standard InChI is InChI=1S/C14H27N2/c1-3-14(13-7-5-4-6-8-13)16-11-9-15(2)10-12-16/h13-14H,1,3-12H2,2H3. The third kappa shape index (κ3) is 2.98. The Labute approximate surface area is 101 Å². The Bertz CT molecular complexity index is 191. The first kappa shape index (κ1) is 12.4. The van der Waals surface area contributed by atoms with Crippen molar-refractivity contribution in [1.82, 2.24) is 9.80 Å². The highest BCUT2D eigenvalue weighted by Gasteiger charge is 2.28. The van der Waals surface area contributed by atoms with Crippen molar-refractivity contribution < 1.29 is 0 Å². The van der Waals surface area contributed by atoms with Gasteiger partial charge < -0.3 is 4.90 Å². The van der Waals surface area contributed by atoms with Crippen LogP contribution in [0.2, 0.25) is 0 Å². The summed E-state index contributed by atoms with van der Waals surface area (Å²) in [6, 6.07) is 0.772. The van der Waals surface area contributed by atoms with E-state index >= 15 is 0 Å². The number of rotatable bonds is 3. The van der Waals surface area contributed by atoms with Crippen molar-refractivity contribution in [3.63, 3.8) is 0 Å². The Morgan fingerprint density at radius 3 is 2.25 bits per heavy atom. The lowest BCUT2D eigenvalue weighted by Gasteiger charge is -2.42. The zero-order valence-electron chi connectivity index (χ0n) is 10.8. The van der Waals surface area contributed by atoms with Crippen LogP contribution >= 0.6 is 0 Å². The molecule has 0 spiro atoms. The minimum absolute atomic E-state index is 0.772. The predicted octanol–water partition coefficient (Wildman–Crippen LogP) is 2.41. The number of likely N-dealkylation sites (N-methyl/N-ethyl adjacent to an activating group) is 1. The molecule has 0 bridgehead atoms. The van der Waals surface area contributed by atoms with Crippen LogP contribution in [-0.2, 0) is 0 Å². The lowest BCUT2D eigenvalue weighted by molar-refractivity contribution is 0.0685. The molecule has 1 unspecified atom stereocenters. The summed E-state index contributed by atoms with van der Waals surface area (Å²) in [7, 11) is 2.23. The first-order valence-electron chi connectivity index (χ1n) is 7.03. The molecule has 16 heavy (non-hydrogen) atoms. The normalized spacial score (nSPS) is 28.1. The fraction of sp³-hybridized carbons (Fsp3) is 0.929. The summed E-state index contributed by atoms with van der Waals surface area (Å²) in [5.74, 6) is 0.939. The van der Waals surface area contributed by atoms with E-state index in [0.717, 1.165) is 18.4 Å². The summed E-state index contributed by atoms with van der Waals surface area (Å²) < 4.78 is 0. The minimum Gasteiger partial charge on any atom is -0.304 e. The van der Waals surface area contributed by atoms with Crippen LogP contribution in [0.5, 0.6) is 0 Å².